The standard InChI is InChI=1S/C22H26FN5O3S/c1-3-27(32(2,30)31)18-10-14-26(15-11-18)22(29)20-16-24-28(19-8-6-17(23)7-9-19)21(20)25-12-4-5-13-25/h4-9,12-13,16,18H,3,10-11,14-15H2,1-2H3. The molecular weight excluding hydrogens is 433 g/mol. The predicted octanol–water partition coefficient (Wildman–Crippen LogP) is 2.69. The summed E-state index contributed by atoms with van der Waals surface area (Å²) in [7, 11) is -3.28. The monoisotopic (exact) mass is 459 g/mol. The molecule has 0 spiro atoms. The van der Waals surface area contributed by atoms with E-state index in [2.05, 4.69) is 5.10 Å². The third-order valence-electron chi connectivity index (χ3n) is 5.79. The zero-order valence-corrected chi connectivity index (χ0v) is 18.9. The summed E-state index contributed by atoms with van der Waals surface area (Å²) in [6, 6.07) is 9.52. The van der Waals surface area contributed by atoms with Crippen molar-refractivity contribution < 1.29 is 17.6 Å². The average Bonchev–Trinajstić information content (AvgIpc) is 3.43. The summed E-state index contributed by atoms with van der Waals surface area (Å²) in [5, 5.41) is 4.42. The van der Waals surface area contributed by atoms with Gasteiger partial charge in [0.15, 0.2) is 5.82 Å². The summed E-state index contributed by atoms with van der Waals surface area (Å²) in [5.41, 5.74) is 1.07. The first-order valence-corrected chi connectivity index (χ1v) is 12.4. The van der Waals surface area contributed by atoms with Crippen molar-refractivity contribution in [1.29, 1.82) is 0 Å². The van der Waals surface area contributed by atoms with E-state index in [1.165, 1.54) is 28.9 Å². The molecule has 2 aromatic heterocycles. The Morgan fingerprint density at radius 1 is 1.16 bits per heavy atom. The summed E-state index contributed by atoms with van der Waals surface area (Å²) >= 11 is 0. The van der Waals surface area contributed by atoms with Gasteiger partial charge in [0.25, 0.3) is 5.91 Å². The molecule has 0 saturated carbocycles. The van der Waals surface area contributed by atoms with Gasteiger partial charge in [-0.3, -0.25) is 4.79 Å². The Morgan fingerprint density at radius 2 is 1.78 bits per heavy atom. The second-order valence-corrected chi connectivity index (χ2v) is 9.79. The number of likely N-dealkylation sites (tertiary alicyclic amines) is 1. The lowest BCUT2D eigenvalue weighted by Gasteiger charge is -2.36. The predicted molar refractivity (Wildman–Crippen MR) is 119 cm³/mol. The highest BCUT2D eigenvalue weighted by molar-refractivity contribution is 7.88. The van der Waals surface area contributed by atoms with Crippen LogP contribution in [-0.4, -0.2) is 69.8 Å². The lowest BCUT2D eigenvalue weighted by Crippen LogP contribution is -2.48. The first kappa shape index (κ1) is 22.2. The van der Waals surface area contributed by atoms with Crippen molar-refractivity contribution in [2.75, 3.05) is 25.9 Å². The fourth-order valence-electron chi connectivity index (χ4n) is 4.28. The van der Waals surface area contributed by atoms with Crippen LogP contribution in [0.15, 0.2) is 55.0 Å². The minimum Gasteiger partial charge on any atom is -0.338 e. The number of carbonyl (C=O) groups is 1. The molecule has 3 aromatic rings. The Labute approximate surface area is 186 Å². The lowest BCUT2D eigenvalue weighted by molar-refractivity contribution is 0.0680. The summed E-state index contributed by atoms with van der Waals surface area (Å²) < 4.78 is 42.4. The topological polar surface area (TPSA) is 80.4 Å². The first-order valence-electron chi connectivity index (χ1n) is 10.5. The van der Waals surface area contributed by atoms with Crippen molar-refractivity contribution in [3.05, 3.63) is 66.4 Å². The normalized spacial score (nSPS) is 15.4. The van der Waals surface area contributed by atoms with Crippen molar-refractivity contribution in [3.63, 3.8) is 0 Å². The Kier molecular flexibility index (Phi) is 6.16. The molecule has 4 rings (SSSR count). The van der Waals surface area contributed by atoms with Gasteiger partial charge in [-0.15, -0.1) is 0 Å². The van der Waals surface area contributed by atoms with Crippen LogP contribution in [0.5, 0.6) is 0 Å². The number of amides is 1. The molecule has 0 N–H and O–H groups in total. The highest BCUT2D eigenvalue weighted by Crippen LogP contribution is 2.25. The Balaban J connectivity index is 1.60. The number of sulfonamides is 1. The molecule has 170 valence electrons. The van der Waals surface area contributed by atoms with E-state index in [0.29, 0.717) is 49.5 Å². The van der Waals surface area contributed by atoms with Gasteiger partial charge in [0, 0.05) is 38.1 Å². The number of aromatic nitrogens is 3. The highest BCUT2D eigenvalue weighted by Gasteiger charge is 2.32. The zero-order chi connectivity index (χ0) is 22.9. The van der Waals surface area contributed by atoms with Crippen molar-refractivity contribution in [2.24, 2.45) is 0 Å². The van der Waals surface area contributed by atoms with E-state index < -0.39 is 10.0 Å². The molecule has 3 heterocycles. The van der Waals surface area contributed by atoms with Gasteiger partial charge in [0.2, 0.25) is 10.0 Å². The number of rotatable bonds is 6. The largest absolute Gasteiger partial charge is 0.338 e. The maximum Gasteiger partial charge on any atom is 0.259 e. The van der Waals surface area contributed by atoms with Crippen LogP contribution in [0, 0.1) is 5.82 Å². The van der Waals surface area contributed by atoms with Crippen molar-refractivity contribution in [1.82, 2.24) is 23.6 Å². The molecular formula is C22H26FN5O3S. The van der Waals surface area contributed by atoms with Gasteiger partial charge in [0.05, 0.1) is 18.1 Å². The van der Waals surface area contributed by atoms with Crippen LogP contribution >= 0.6 is 0 Å². The number of hydrogen-bond donors (Lipinski definition) is 0. The van der Waals surface area contributed by atoms with E-state index in [1.54, 1.807) is 26.3 Å². The Morgan fingerprint density at radius 3 is 2.34 bits per heavy atom. The second kappa shape index (κ2) is 8.87. The highest BCUT2D eigenvalue weighted by atomic mass is 32.2. The van der Waals surface area contributed by atoms with Crippen LogP contribution in [0.3, 0.4) is 0 Å². The summed E-state index contributed by atoms with van der Waals surface area (Å²) in [4.78, 5) is 15.2. The number of halogens is 1. The van der Waals surface area contributed by atoms with E-state index in [4.69, 9.17) is 0 Å². The zero-order valence-electron chi connectivity index (χ0n) is 18.1. The smallest absolute Gasteiger partial charge is 0.259 e. The molecule has 10 heteroatoms. The van der Waals surface area contributed by atoms with Crippen LogP contribution in [0.4, 0.5) is 4.39 Å². The van der Waals surface area contributed by atoms with Crippen LogP contribution in [0.1, 0.15) is 30.1 Å². The third kappa shape index (κ3) is 4.33. The van der Waals surface area contributed by atoms with Gasteiger partial charge in [0.1, 0.15) is 11.4 Å². The van der Waals surface area contributed by atoms with E-state index in [1.807, 2.05) is 31.5 Å². The molecule has 0 radical (unpaired) electrons. The Bertz CT molecular complexity index is 1180. The van der Waals surface area contributed by atoms with Gasteiger partial charge in [-0.25, -0.2) is 17.5 Å². The fraction of sp³-hybridized carbons (Fsp3) is 0.364. The molecule has 32 heavy (non-hydrogen) atoms. The average molecular weight is 460 g/mol. The van der Waals surface area contributed by atoms with Gasteiger partial charge < -0.3 is 9.47 Å². The molecule has 1 aliphatic rings. The van der Waals surface area contributed by atoms with E-state index in [9.17, 15) is 17.6 Å². The maximum atomic E-state index is 13.4. The minimum atomic E-state index is -3.28. The molecule has 1 saturated heterocycles. The number of carbonyl (C=O) groups excluding carboxylic acids is 1. The molecule has 1 fully saturated rings. The van der Waals surface area contributed by atoms with E-state index in [-0.39, 0.29) is 17.8 Å². The minimum absolute atomic E-state index is 0.107. The summed E-state index contributed by atoms with van der Waals surface area (Å²) in [5.74, 6) is 0.0563. The summed E-state index contributed by atoms with van der Waals surface area (Å²) in [6.07, 6.45) is 7.56. The number of nitrogens with zero attached hydrogens (tertiary/aromatic N) is 5. The second-order valence-electron chi connectivity index (χ2n) is 7.85. The van der Waals surface area contributed by atoms with E-state index >= 15 is 0 Å². The Hall–Kier alpha value is -2.98. The van der Waals surface area contributed by atoms with Gasteiger partial charge in [-0.2, -0.15) is 9.40 Å². The molecule has 0 unspecified atom stereocenters. The van der Waals surface area contributed by atoms with Gasteiger partial charge >= 0.3 is 0 Å². The van der Waals surface area contributed by atoms with Crippen molar-refractivity contribution in [2.45, 2.75) is 25.8 Å². The molecule has 0 atom stereocenters. The number of piperidine rings is 1. The van der Waals surface area contributed by atoms with E-state index in [0.717, 1.165) is 0 Å². The van der Waals surface area contributed by atoms with Crippen LogP contribution in [-0.2, 0) is 10.0 Å². The van der Waals surface area contributed by atoms with Gasteiger partial charge in [-0.05, 0) is 49.2 Å². The molecule has 1 amide bonds. The number of hydrogen-bond acceptors (Lipinski definition) is 4. The van der Waals surface area contributed by atoms with Crippen molar-refractivity contribution >= 4 is 15.9 Å². The van der Waals surface area contributed by atoms with Crippen molar-refractivity contribution in [3.8, 4) is 11.5 Å². The molecule has 1 aliphatic heterocycles. The maximum absolute atomic E-state index is 13.4. The third-order valence-corrected chi connectivity index (χ3v) is 7.20. The van der Waals surface area contributed by atoms with Crippen LogP contribution < -0.4 is 0 Å². The summed E-state index contributed by atoms with van der Waals surface area (Å²) in [6.45, 7) is 3.16. The van der Waals surface area contributed by atoms with Gasteiger partial charge in [-0.1, -0.05) is 6.92 Å². The molecule has 0 bridgehead atoms. The fourth-order valence-corrected chi connectivity index (χ4v) is 5.50. The SMILES string of the molecule is CCN(C1CCN(C(=O)c2cnn(-c3ccc(F)cc3)c2-n2cccc2)CC1)S(C)(=O)=O. The quantitative estimate of drug-likeness (QED) is 0.568. The lowest BCUT2D eigenvalue weighted by atomic mass is 10.0. The molecule has 1 aromatic carbocycles. The number of benzene rings is 1. The molecule has 8 nitrogen and oxygen atoms in total. The molecule has 0 aliphatic carbocycles. The van der Waals surface area contributed by atoms with Crippen LogP contribution in [0.2, 0.25) is 0 Å². The first-order chi connectivity index (χ1) is 15.3. The van der Waals surface area contributed by atoms with Crippen LogP contribution in [0.25, 0.3) is 11.5 Å².